The van der Waals surface area contributed by atoms with E-state index in [1.165, 1.54) is 76.2 Å². The molecule has 10 aromatic rings. The van der Waals surface area contributed by atoms with E-state index >= 15 is 0 Å². The van der Waals surface area contributed by atoms with Gasteiger partial charge in [0.2, 0.25) is 0 Å². The van der Waals surface area contributed by atoms with E-state index in [0.29, 0.717) is 0 Å². The normalized spacial score (nSPS) is 12.4. The maximum atomic E-state index is 2.75. The van der Waals surface area contributed by atoms with Crippen LogP contribution in [0.4, 0.5) is 0 Å². The molecule has 0 fully saturated rings. The van der Waals surface area contributed by atoms with Gasteiger partial charge >= 0.3 is 8.56 Å². The summed E-state index contributed by atoms with van der Waals surface area (Å²) in [6, 6.07) is 63.3. The Balaban J connectivity index is 1.60. The first kappa shape index (κ1) is 26.4. The number of benzene rings is 7. The van der Waals surface area contributed by atoms with E-state index in [4.69, 9.17) is 0 Å². The SMILES string of the molecule is Cc1cccc([Si](n2c3ccccc3c3ccccc32)(n2c3ccccc3c3ccccc32)n2c3ccccc3c3ccccc32)c1. The van der Waals surface area contributed by atoms with E-state index < -0.39 is 8.56 Å². The van der Waals surface area contributed by atoms with Crippen molar-refractivity contribution in [2.24, 2.45) is 0 Å². The van der Waals surface area contributed by atoms with Crippen LogP contribution in [0.25, 0.3) is 65.4 Å². The van der Waals surface area contributed by atoms with Crippen LogP contribution in [-0.4, -0.2) is 21.3 Å². The molecule has 7 aromatic carbocycles. The molecule has 3 heterocycles. The minimum atomic E-state index is -3.41. The summed E-state index contributed by atoms with van der Waals surface area (Å²) < 4.78 is 8.26. The lowest BCUT2D eigenvalue weighted by atomic mass is 10.2. The molecule has 0 saturated carbocycles. The van der Waals surface area contributed by atoms with Gasteiger partial charge in [0, 0.05) is 70.6 Å². The number of aryl methyl sites for hydroxylation is 1. The topological polar surface area (TPSA) is 14.8 Å². The van der Waals surface area contributed by atoms with Crippen molar-refractivity contribution in [2.45, 2.75) is 6.92 Å². The fourth-order valence-corrected chi connectivity index (χ4v) is 13.6. The highest BCUT2D eigenvalue weighted by Crippen LogP contribution is 2.41. The second-order valence-corrected chi connectivity index (χ2v) is 15.8. The Morgan fingerprint density at radius 2 is 0.596 bits per heavy atom. The first-order valence-electron chi connectivity index (χ1n) is 16.3. The average Bonchev–Trinajstić information content (AvgIpc) is 3.77. The first-order valence-corrected chi connectivity index (χ1v) is 18.1. The second kappa shape index (κ2) is 9.83. The lowest BCUT2D eigenvalue weighted by molar-refractivity contribution is 1.03. The minimum absolute atomic E-state index is 1.24. The molecule has 0 spiro atoms. The number of nitrogens with zero attached hydrogens (tertiary/aromatic N) is 3. The predicted octanol–water partition coefficient (Wildman–Crippen LogP) is 10.1. The molecule has 10 rings (SSSR count). The van der Waals surface area contributed by atoms with Crippen LogP contribution in [-0.2, 0) is 0 Å². The molecule has 0 unspecified atom stereocenters. The Kier molecular flexibility index (Phi) is 5.52. The standard InChI is InChI=1S/C43H31N3Si/c1-30-15-14-16-31(29-30)47(44-38-23-8-2-17-32(38)33-18-3-9-24-39(33)44,45-40-25-10-4-19-34(40)35-20-5-11-26-41(35)45)46-42-27-12-6-21-36(42)37-22-7-13-28-43(37)46/h2-29H,1H3. The maximum absolute atomic E-state index is 3.41. The third kappa shape index (κ3) is 3.45. The molecule has 0 atom stereocenters. The van der Waals surface area contributed by atoms with Gasteiger partial charge < -0.3 is 12.7 Å². The van der Waals surface area contributed by atoms with Gasteiger partial charge in [0.25, 0.3) is 0 Å². The van der Waals surface area contributed by atoms with Crippen molar-refractivity contribution in [3.63, 3.8) is 0 Å². The highest BCUT2D eigenvalue weighted by atomic mass is 28.4. The minimum Gasteiger partial charge on any atom is -0.328 e. The Morgan fingerprint density at radius 1 is 0.319 bits per heavy atom. The summed E-state index contributed by atoms with van der Waals surface area (Å²) in [5.74, 6) is 0. The lowest BCUT2D eigenvalue weighted by Crippen LogP contribution is -2.66. The Bertz CT molecular complexity index is 2400. The fraction of sp³-hybridized carbons (Fsp3) is 0.0233. The lowest BCUT2D eigenvalue weighted by Gasteiger charge is -2.39. The van der Waals surface area contributed by atoms with Gasteiger partial charge in [0.15, 0.2) is 0 Å². The van der Waals surface area contributed by atoms with Crippen LogP contribution >= 0.6 is 0 Å². The van der Waals surface area contributed by atoms with E-state index in [9.17, 15) is 0 Å². The zero-order valence-corrected chi connectivity index (χ0v) is 27.0. The Morgan fingerprint density at radius 3 is 0.872 bits per heavy atom. The van der Waals surface area contributed by atoms with Crippen LogP contribution in [0.15, 0.2) is 170 Å². The van der Waals surface area contributed by atoms with Crippen molar-refractivity contribution in [3.05, 3.63) is 175 Å². The molecule has 0 aliphatic rings. The van der Waals surface area contributed by atoms with Gasteiger partial charge in [-0.25, -0.2) is 0 Å². The molecule has 3 nitrogen and oxygen atoms in total. The van der Waals surface area contributed by atoms with Crippen molar-refractivity contribution >= 4 is 79.2 Å². The van der Waals surface area contributed by atoms with E-state index in [1.807, 2.05) is 0 Å². The third-order valence-corrected chi connectivity index (χ3v) is 14.5. The van der Waals surface area contributed by atoms with Gasteiger partial charge in [0.05, 0.1) is 0 Å². The monoisotopic (exact) mass is 617 g/mol. The van der Waals surface area contributed by atoms with Crippen LogP contribution in [0, 0.1) is 6.92 Å². The molecule has 0 bridgehead atoms. The number of hydrogen-bond acceptors (Lipinski definition) is 0. The van der Waals surface area contributed by atoms with Gasteiger partial charge in [-0.1, -0.05) is 139 Å². The second-order valence-electron chi connectivity index (χ2n) is 12.6. The van der Waals surface area contributed by atoms with Crippen LogP contribution in [0.5, 0.6) is 0 Å². The van der Waals surface area contributed by atoms with Gasteiger partial charge in [-0.2, -0.15) is 0 Å². The van der Waals surface area contributed by atoms with Gasteiger partial charge in [-0.3, -0.25) is 0 Å². The van der Waals surface area contributed by atoms with Crippen LogP contribution in [0.2, 0.25) is 0 Å². The summed E-state index contributed by atoms with van der Waals surface area (Å²) >= 11 is 0. The maximum Gasteiger partial charge on any atom is 0.428 e. The molecule has 0 saturated heterocycles. The van der Waals surface area contributed by atoms with E-state index in [1.54, 1.807) is 0 Å². The zero-order chi connectivity index (χ0) is 31.1. The Hall–Kier alpha value is -5.84. The van der Waals surface area contributed by atoms with E-state index in [-0.39, 0.29) is 0 Å². The summed E-state index contributed by atoms with van der Waals surface area (Å²) in [6.45, 7) is 2.23. The molecule has 0 radical (unpaired) electrons. The highest BCUT2D eigenvalue weighted by molar-refractivity contribution is 6.91. The molecular formula is C43H31N3Si. The molecule has 47 heavy (non-hydrogen) atoms. The van der Waals surface area contributed by atoms with Crippen LogP contribution in [0.3, 0.4) is 0 Å². The average molecular weight is 618 g/mol. The molecule has 3 aromatic heterocycles. The molecule has 0 aliphatic heterocycles. The van der Waals surface area contributed by atoms with Gasteiger partial charge in [-0.05, 0) is 43.3 Å². The van der Waals surface area contributed by atoms with E-state index in [2.05, 4.69) is 189 Å². The van der Waals surface area contributed by atoms with E-state index in [0.717, 1.165) is 0 Å². The number of aromatic nitrogens is 3. The molecule has 0 amide bonds. The molecule has 222 valence electrons. The van der Waals surface area contributed by atoms with Crippen molar-refractivity contribution in [2.75, 3.05) is 0 Å². The smallest absolute Gasteiger partial charge is 0.328 e. The third-order valence-electron chi connectivity index (χ3n) is 10.1. The first-order chi connectivity index (χ1) is 23.3. The van der Waals surface area contributed by atoms with Crippen molar-refractivity contribution in [1.29, 1.82) is 0 Å². The van der Waals surface area contributed by atoms with Crippen molar-refractivity contribution in [3.8, 4) is 0 Å². The van der Waals surface area contributed by atoms with Crippen molar-refractivity contribution < 1.29 is 0 Å². The number of rotatable bonds is 4. The highest BCUT2D eigenvalue weighted by Gasteiger charge is 2.50. The van der Waals surface area contributed by atoms with Crippen LogP contribution < -0.4 is 5.19 Å². The van der Waals surface area contributed by atoms with Gasteiger partial charge in [0.1, 0.15) is 0 Å². The summed E-state index contributed by atoms with van der Waals surface area (Å²) in [6.07, 6.45) is 0. The van der Waals surface area contributed by atoms with Gasteiger partial charge in [-0.15, -0.1) is 0 Å². The molecular weight excluding hydrogens is 587 g/mol. The van der Waals surface area contributed by atoms with Crippen molar-refractivity contribution in [1.82, 2.24) is 12.7 Å². The quantitative estimate of drug-likeness (QED) is 0.175. The van der Waals surface area contributed by atoms with Crippen LogP contribution in [0.1, 0.15) is 5.56 Å². The summed E-state index contributed by atoms with van der Waals surface area (Å²) in [4.78, 5) is 0. The number of para-hydroxylation sites is 6. The predicted molar refractivity (Wildman–Crippen MR) is 201 cm³/mol. The number of hydrogen-bond donors (Lipinski definition) is 0. The summed E-state index contributed by atoms with van der Waals surface area (Å²) in [7, 11) is -3.41. The Labute approximate surface area is 273 Å². The summed E-state index contributed by atoms with van der Waals surface area (Å²) in [5.41, 5.74) is 8.70. The fourth-order valence-electron chi connectivity index (χ4n) is 8.32. The summed E-state index contributed by atoms with van der Waals surface area (Å²) in [5, 5.41) is 8.96. The molecule has 4 heteroatoms. The zero-order valence-electron chi connectivity index (χ0n) is 26.0. The molecule has 0 aliphatic carbocycles. The largest absolute Gasteiger partial charge is 0.428 e. The molecule has 0 N–H and O–H groups in total. The number of fused-ring (bicyclic) bond motifs is 9.